The Morgan fingerprint density at radius 3 is 0.833 bits per heavy atom. The molecule has 0 saturated heterocycles. The predicted molar refractivity (Wildman–Crippen MR) is 284 cm³/mol. The molecule has 0 fully saturated rings. The van der Waals surface area contributed by atoms with Gasteiger partial charge in [-0.2, -0.15) is 0 Å². The van der Waals surface area contributed by atoms with Gasteiger partial charge in [-0.25, -0.2) is 0 Å². The van der Waals surface area contributed by atoms with E-state index in [0.29, 0.717) is 5.02 Å². The van der Waals surface area contributed by atoms with Gasteiger partial charge in [-0.15, -0.1) is 0 Å². The summed E-state index contributed by atoms with van der Waals surface area (Å²) < 4.78 is 0. The average molecular weight is 879 g/mol. The quantitative estimate of drug-likeness (QED) is 0.128. The lowest BCUT2D eigenvalue weighted by molar-refractivity contribution is 0.590. The second kappa shape index (κ2) is 18.6. The molecule has 9 rings (SSSR count). The molecule has 4 heteroatoms. The van der Waals surface area contributed by atoms with Gasteiger partial charge in [0.15, 0.2) is 0 Å². The van der Waals surface area contributed by atoms with Gasteiger partial charge in [0, 0.05) is 34.1 Å². The molecule has 326 valence electrons. The number of anilines is 9. The van der Waals surface area contributed by atoms with Crippen LogP contribution in [0.3, 0.4) is 0 Å². The Hall–Kier alpha value is -7.33. The van der Waals surface area contributed by atoms with Crippen molar-refractivity contribution in [1.82, 2.24) is 0 Å². The van der Waals surface area contributed by atoms with Gasteiger partial charge in [0.25, 0.3) is 0 Å². The molecule has 0 heterocycles. The van der Waals surface area contributed by atoms with E-state index in [4.69, 9.17) is 11.6 Å². The van der Waals surface area contributed by atoms with Crippen LogP contribution in [0.4, 0.5) is 51.2 Å². The molecule has 9 aromatic carbocycles. The van der Waals surface area contributed by atoms with Crippen LogP contribution in [0.5, 0.6) is 0 Å². The van der Waals surface area contributed by atoms with E-state index in [2.05, 4.69) is 287 Å². The van der Waals surface area contributed by atoms with E-state index in [9.17, 15) is 0 Å². The van der Waals surface area contributed by atoms with Crippen LogP contribution in [0.2, 0.25) is 5.02 Å². The molecule has 0 amide bonds. The number of para-hydroxylation sites is 2. The summed E-state index contributed by atoms with van der Waals surface area (Å²) in [6.07, 6.45) is 0. The molecule has 0 spiro atoms. The first-order chi connectivity index (χ1) is 31.9. The molecular weight excluding hydrogens is 822 g/mol. The molecule has 0 aromatic heterocycles. The van der Waals surface area contributed by atoms with E-state index in [1.807, 2.05) is 0 Å². The third kappa shape index (κ3) is 9.40. The van der Waals surface area contributed by atoms with Crippen molar-refractivity contribution < 1.29 is 0 Å². The van der Waals surface area contributed by atoms with Crippen molar-refractivity contribution >= 4 is 62.8 Å². The van der Waals surface area contributed by atoms with Crippen molar-refractivity contribution in [3.63, 3.8) is 0 Å². The molecule has 0 aliphatic rings. The maximum absolute atomic E-state index is 8.13. The molecule has 9 aromatic rings. The molecule has 0 unspecified atom stereocenters. The smallest absolute Gasteiger partial charge is 0.0888 e. The van der Waals surface area contributed by atoms with E-state index >= 15 is 0 Å². The fourth-order valence-electron chi connectivity index (χ4n) is 8.58. The molecule has 0 aliphatic heterocycles. The summed E-state index contributed by atoms with van der Waals surface area (Å²) in [4.78, 5) is 6.94. The summed E-state index contributed by atoms with van der Waals surface area (Å²) in [5, 5.41) is 0.610. The maximum Gasteiger partial charge on any atom is 0.0888 e. The van der Waals surface area contributed by atoms with Gasteiger partial charge in [0.2, 0.25) is 0 Å². The summed E-state index contributed by atoms with van der Waals surface area (Å²) in [7, 11) is 0. The SMILES string of the molecule is CC(C)(C)c1ccc(N(c2ccc(C(C)(C)C)cc2)c2cc(N(c3ccccc3)c3ccccc3)cc(N(c3ccc(-c4ccccc4)cc3)c3ccc(-c4ccccc4)cc3)c2Cl)cc1. The van der Waals surface area contributed by atoms with E-state index in [1.165, 1.54) is 11.1 Å². The minimum atomic E-state index is -0.0130. The Morgan fingerprint density at radius 2 is 0.530 bits per heavy atom. The van der Waals surface area contributed by atoms with Crippen molar-refractivity contribution in [2.45, 2.75) is 52.4 Å². The Bertz CT molecular complexity index is 2810. The van der Waals surface area contributed by atoms with Gasteiger partial charge in [-0.1, -0.05) is 199 Å². The van der Waals surface area contributed by atoms with Crippen LogP contribution in [-0.2, 0) is 10.8 Å². The number of hydrogen-bond donors (Lipinski definition) is 0. The van der Waals surface area contributed by atoms with Gasteiger partial charge in [0.05, 0.1) is 22.1 Å². The minimum Gasteiger partial charge on any atom is -0.310 e. The highest BCUT2D eigenvalue weighted by molar-refractivity contribution is 6.37. The number of rotatable bonds is 11. The maximum atomic E-state index is 8.13. The highest BCUT2D eigenvalue weighted by atomic mass is 35.5. The summed E-state index contributed by atoms with van der Waals surface area (Å²) in [5.41, 5.74) is 15.8. The first-order valence-electron chi connectivity index (χ1n) is 22.8. The largest absolute Gasteiger partial charge is 0.310 e. The van der Waals surface area contributed by atoms with Gasteiger partial charge >= 0.3 is 0 Å². The molecule has 0 bridgehead atoms. The predicted octanol–water partition coefficient (Wildman–Crippen LogP) is 18.7. The van der Waals surface area contributed by atoms with E-state index in [0.717, 1.165) is 73.4 Å². The summed E-state index contributed by atoms with van der Waals surface area (Å²) in [5.74, 6) is 0. The molecule has 0 saturated carbocycles. The highest BCUT2D eigenvalue weighted by Crippen LogP contribution is 2.51. The Kier molecular flexibility index (Phi) is 12.4. The third-order valence-corrected chi connectivity index (χ3v) is 12.6. The van der Waals surface area contributed by atoms with Gasteiger partial charge < -0.3 is 14.7 Å². The monoisotopic (exact) mass is 877 g/mol. The fourth-order valence-corrected chi connectivity index (χ4v) is 8.86. The van der Waals surface area contributed by atoms with E-state index in [-0.39, 0.29) is 10.8 Å². The van der Waals surface area contributed by atoms with Crippen LogP contribution >= 0.6 is 11.6 Å². The molecule has 66 heavy (non-hydrogen) atoms. The van der Waals surface area contributed by atoms with Crippen LogP contribution in [0.25, 0.3) is 22.3 Å². The second-order valence-electron chi connectivity index (χ2n) is 18.9. The normalized spacial score (nSPS) is 11.6. The lowest BCUT2D eigenvalue weighted by atomic mass is 9.86. The highest BCUT2D eigenvalue weighted by Gasteiger charge is 2.27. The van der Waals surface area contributed by atoms with Gasteiger partial charge in [-0.05, 0) is 129 Å². The number of halogens is 1. The first kappa shape index (κ1) is 43.9. The molecule has 0 radical (unpaired) electrons. The van der Waals surface area contributed by atoms with E-state index in [1.54, 1.807) is 0 Å². The van der Waals surface area contributed by atoms with Gasteiger partial charge in [0.1, 0.15) is 0 Å². The zero-order valence-corrected chi connectivity index (χ0v) is 39.4. The van der Waals surface area contributed by atoms with Crippen molar-refractivity contribution in [2.24, 2.45) is 0 Å². The molecule has 3 nitrogen and oxygen atoms in total. The van der Waals surface area contributed by atoms with Crippen LogP contribution in [-0.4, -0.2) is 0 Å². The second-order valence-corrected chi connectivity index (χ2v) is 19.3. The Balaban J connectivity index is 1.33. The Labute approximate surface area is 396 Å². The van der Waals surface area contributed by atoms with Crippen LogP contribution in [0, 0.1) is 0 Å². The van der Waals surface area contributed by atoms with Crippen LogP contribution in [0.1, 0.15) is 52.7 Å². The molecule has 0 N–H and O–H groups in total. The minimum absolute atomic E-state index is 0.0130. The Morgan fingerprint density at radius 1 is 0.273 bits per heavy atom. The van der Waals surface area contributed by atoms with Crippen molar-refractivity contribution in [1.29, 1.82) is 0 Å². The average Bonchev–Trinajstić information content (AvgIpc) is 3.34. The van der Waals surface area contributed by atoms with Crippen molar-refractivity contribution in [2.75, 3.05) is 14.7 Å². The first-order valence-corrected chi connectivity index (χ1v) is 23.2. The lowest BCUT2D eigenvalue weighted by Crippen LogP contribution is -2.18. The van der Waals surface area contributed by atoms with Crippen LogP contribution in [0.15, 0.2) is 231 Å². The zero-order valence-electron chi connectivity index (χ0n) is 38.7. The number of nitrogens with zero attached hydrogens (tertiary/aromatic N) is 3. The van der Waals surface area contributed by atoms with Crippen molar-refractivity contribution in [3.05, 3.63) is 247 Å². The van der Waals surface area contributed by atoms with Crippen LogP contribution < -0.4 is 14.7 Å². The lowest BCUT2D eigenvalue weighted by Gasteiger charge is -2.34. The number of hydrogen-bond acceptors (Lipinski definition) is 3. The number of benzene rings is 9. The summed E-state index contributed by atoms with van der Waals surface area (Å²) in [6, 6.07) is 82.3. The van der Waals surface area contributed by atoms with E-state index < -0.39 is 0 Å². The fraction of sp³-hybridized carbons (Fsp3) is 0.129. The summed E-state index contributed by atoms with van der Waals surface area (Å²) >= 11 is 8.13. The molecular formula is C62H56ClN3. The summed E-state index contributed by atoms with van der Waals surface area (Å²) in [6.45, 7) is 13.5. The molecule has 0 atom stereocenters. The zero-order chi connectivity index (χ0) is 45.8. The molecule has 0 aliphatic carbocycles. The van der Waals surface area contributed by atoms with Crippen molar-refractivity contribution in [3.8, 4) is 22.3 Å². The standard InChI is InChI=1S/C62H56ClN3/c1-61(2,3)49-31-39-55(40-32-49)66(56-41-33-50(34-42-56)62(4,5)6)59-44-57(64(51-23-15-9-16-24-51)52-25-17-10-18-26-52)43-58(60(59)63)65(53-35-27-47(28-36-53)45-19-11-7-12-20-45)54-37-29-48(30-38-54)46-21-13-8-14-22-46/h7-44H,1-6H3. The topological polar surface area (TPSA) is 9.72 Å². The third-order valence-electron chi connectivity index (χ3n) is 12.2. The van der Waals surface area contributed by atoms with Gasteiger partial charge in [-0.3, -0.25) is 0 Å².